The van der Waals surface area contributed by atoms with Gasteiger partial charge in [-0.3, -0.25) is 9.59 Å². The van der Waals surface area contributed by atoms with Crippen molar-refractivity contribution in [3.8, 4) is 5.75 Å². The molecule has 1 aromatic carbocycles. The lowest BCUT2D eigenvalue weighted by Crippen LogP contribution is -2.26. The fraction of sp³-hybridized carbons (Fsp3) is 0.429. The number of cyclic esters (lactones) is 1. The van der Waals surface area contributed by atoms with Crippen LogP contribution in [0.5, 0.6) is 5.75 Å². The van der Waals surface area contributed by atoms with E-state index in [0.29, 0.717) is 5.75 Å². The molecule has 0 aliphatic carbocycles. The molecule has 0 radical (unpaired) electrons. The van der Waals surface area contributed by atoms with Gasteiger partial charge in [-0.15, -0.1) is 0 Å². The predicted molar refractivity (Wildman–Crippen MR) is 66.8 cm³/mol. The summed E-state index contributed by atoms with van der Waals surface area (Å²) in [6.45, 7) is 2.14. The van der Waals surface area contributed by atoms with Crippen LogP contribution in [0, 0.1) is 5.92 Å². The summed E-state index contributed by atoms with van der Waals surface area (Å²) in [6, 6.07) is 7.28. The second-order valence-electron chi connectivity index (χ2n) is 4.24. The van der Waals surface area contributed by atoms with E-state index in [1.165, 1.54) is 0 Å². The molecule has 1 saturated heterocycles. The molecule has 1 heterocycles. The van der Waals surface area contributed by atoms with E-state index in [1.54, 1.807) is 26.2 Å². The molecular formula is C14H16O5. The van der Waals surface area contributed by atoms with Crippen LogP contribution < -0.4 is 4.74 Å². The van der Waals surface area contributed by atoms with Gasteiger partial charge in [0.1, 0.15) is 5.75 Å². The van der Waals surface area contributed by atoms with E-state index in [9.17, 15) is 9.59 Å². The number of hydrogen-bond donors (Lipinski definition) is 0. The molecule has 2 atom stereocenters. The standard InChI is InChI=1S/C14H16O5/c1-3-18-13(15)12-11(8-19-14(12)16)9-5-4-6-10(7-9)17-2/h4-7,11-12H,3,8H2,1-2H3. The van der Waals surface area contributed by atoms with Gasteiger partial charge in [-0.2, -0.15) is 0 Å². The highest BCUT2D eigenvalue weighted by Gasteiger charge is 2.44. The molecule has 19 heavy (non-hydrogen) atoms. The molecule has 102 valence electrons. The van der Waals surface area contributed by atoms with Crippen LogP contribution in [0.15, 0.2) is 24.3 Å². The first-order valence-corrected chi connectivity index (χ1v) is 6.14. The molecule has 2 rings (SSSR count). The van der Waals surface area contributed by atoms with Gasteiger partial charge in [-0.25, -0.2) is 0 Å². The van der Waals surface area contributed by atoms with E-state index in [4.69, 9.17) is 14.2 Å². The van der Waals surface area contributed by atoms with Gasteiger partial charge in [0.2, 0.25) is 0 Å². The Bertz CT molecular complexity index is 482. The molecule has 0 amide bonds. The van der Waals surface area contributed by atoms with Gasteiger partial charge in [-0.05, 0) is 24.6 Å². The van der Waals surface area contributed by atoms with Crippen LogP contribution in [0.3, 0.4) is 0 Å². The third-order valence-electron chi connectivity index (χ3n) is 3.12. The van der Waals surface area contributed by atoms with Crippen molar-refractivity contribution in [1.29, 1.82) is 0 Å². The van der Waals surface area contributed by atoms with Gasteiger partial charge in [-0.1, -0.05) is 12.1 Å². The van der Waals surface area contributed by atoms with Crippen LogP contribution in [0.4, 0.5) is 0 Å². The lowest BCUT2D eigenvalue weighted by Gasteiger charge is -2.15. The molecule has 1 aliphatic rings. The van der Waals surface area contributed by atoms with E-state index in [0.717, 1.165) is 5.56 Å². The highest BCUT2D eigenvalue weighted by Crippen LogP contribution is 2.34. The van der Waals surface area contributed by atoms with Crippen LogP contribution >= 0.6 is 0 Å². The molecule has 2 unspecified atom stereocenters. The first-order chi connectivity index (χ1) is 9.17. The summed E-state index contributed by atoms with van der Waals surface area (Å²) in [5.41, 5.74) is 0.836. The van der Waals surface area contributed by atoms with Crippen molar-refractivity contribution in [3.05, 3.63) is 29.8 Å². The maximum absolute atomic E-state index is 11.8. The SMILES string of the molecule is CCOC(=O)C1C(=O)OCC1c1cccc(OC)c1. The molecule has 0 spiro atoms. The maximum Gasteiger partial charge on any atom is 0.321 e. The zero-order chi connectivity index (χ0) is 13.8. The Morgan fingerprint density at radius 3 is 2.95 bits per heavy atom. The minimum absolute atomic E-state index is 0.190. The monoisotopic (exact) mass is 264 g/mol. The van der Waals surface area contributed by atoms with Gasteiger partial charge in [0, 0.05) is 5.92 Å². The normalized spacial score (nSPS) is 21.9. The summed E-state index contributed by atoms with van der Waals surface area (Å²) in [5, 5.41) is 0. The predicted octanol–water partition coefficient (Wildman–Crippen LogP) is 1.51. The zero-order valence-corrected chi connectivity index (χ0v) is 10.9. The number of ether oxygens (including phenoxy) is 3. The van der Waals surface area contributed by atoms with E-state index >= 15 is 0 Å². The van der Waals surface area contributed by atoms with Crippen LogP contribution in [0.1, 0.15) is 18.4 Å². The number of esters is 2. The average Bonchev–Trinajstić information content (AvgIpc) is 2.81. The molecular weight excluding hydrogens is 248 g/mol. The van der Waals surface area contributed by atoms with Crippen LogP contribution in [0.2, 0.25) is 0 Å². The molecule has 0 bridgehead atoms. The Morgan fingerprint density at radius 1 is 1.47 bits per heavy atom. The fourth-order valence-electron chi connectivity index (χ4n) is 2.18. The highest BCUT2D eigenvalue weighted by atomic mass is 16.6. The summed E-state index contributed by atoms with van der Waals surface area (Å²) in [7, 11) is 1.57. The average molecular weight is 264 g/mol. The van der Waals surface area contributed by atoms with Gasteiger partial charge in [0.15, 0.2) is 5.92 Å². The molecule has 1 fully saturated rings. The van der Waals surface area contributed by atoms with Crippen molar-refractivity contribution < 1.29 is 23.8 Å². The Hall–Kier alpha value is -2.04. The Balaban J connectivity index is 2.26. The number of methoxy groups -OCH3 is 1. The highest BCUT2D eigenvalue weighted by molar-refractivity contribution is 5.97. The number of benzene rings is 1. The Kier molecular flexibility index (Phi) is 4.04. The van der Waals surface area contributed by atoms with E-state index in [-0.39, 0.29) is 19.1 Å². The van der Waals surface area contributed by atoms with Crippen molar-refractivity contribution in [2.24, 2.45) is 5.92 Å². The molecule has 5 nitrogen and oxygen atoms in total. The minimum Gasteiger partial charge on any atom is -0.497 e. The summed E-state index contributed by atoms with van der Waals surface area (Å²) >= 11 is 0. The molecule has 1 aromatic rings. The first kappa shape index (κ1) is 13.4. The molecule has 0 aromatic heterocycles. The Labute approximate surface area is 111 Å². The Morgan fingerprint density at radius 2 is 2.26 bits per heavy atom. The summed E-state index contributed by atoms with van der Waals surface area (Å²) in [6.07, 6.45) is 0. The lowest BCUT2D eigenvalue weighted by molar-refractivity contribution is -0.155. The second kappa shape index (κ2) is 5.73. The quantitative estimate of drug-likeness (QED) is 0.609. The summed E-state index contributed by atoms with van der Waals surface area (Å²) < 4.78 is 15.1. The first-order valence-electron chi connectivity index (χ1n) is 6.14. The molecule has 1 aliphatic heterocycles. The number of rotatable bonds is 4. The zero-order valence-electron chi connectivity index (χ0n) is 10.9. The van der Waals surface area contributed by atoms with Crippen molar-refractivity contribution in [3.63, 3.8) is 0 Å². The maximum atomic E-state index is 11.8. The number of hydrogen-bond acceptors (Lipinski definition) is 5. The van der Waals surface area contributed by atoms with E-state index < -0.39 is 17.9 Å². The molecule has 0 saturated carbocycles. The van der Waals surface area contributed by atoms with E-state index in [1.807, 2.05) is 12.1 Å². The van der Waals surface area contributed by atoms with Crippen LogP contribution in [0.25, 0.3) is 0 Å². The summed E-state index contributed by atoms with van der Waals surface area (Å²) in [4.78, 5) is 23.5. The topological polar surface area (TPSA) is 61.8 Å². The van der Waals surface area contributed by atoms with Crippen LogP contribution in [-0.4, -0.2) is 32.3 Å². The van der Waals surface area contributed by atoms with Crippen molar-refractivity contribution in [1.82, 2.24) is 0 Å². The third kappa shape index (κ3) is 2.70. The smallest absolute Gasteiger partial charge is 0.321 e. The molecule has 5 heteroatoms. The van der Waals surface area contributed by atoms with Gasteiger partial charge in [0.05, 0.1) is 20.3 Å². The van der Waals surface area contributed by atoms with E-state index in [2.05, 4.69) is 0 Å². The third-order valence-corrected chi connectivity index (χ3v) is 3.12. The van der Waals surface area contributed by atoms with Crippen LogP contribution in [-0.2, 0) is 19.1 Å². The minimum atomic E-state index is -0.882. The van der Waals surface area contributed by atoms with Crippen molar-refractivity contribution >= 4 is 11.9 Å². The van der Waals surface area contributed by atoms with Crippen molar-refractivity contribution in [2.45, 2.75) is 12.8 Å². The summed E-state index contributed by atoms with van der Waals surface area (Å²) in [5.74, 6) is -1.57. The lowest BCUT2D eigenvalue weighted by atomic mass is 9.88. The van der Waals surface area contributed by atoms with Gasteiger partial charge in [0.25, 0.3) is 0 Å². The van der Waals surface area contributed by atoms with Gasteiger partial charge >= 0.3 is 11.9 Å². The largest absolute Gasteiger partial charge is 0.497 e. The van der Waals surface area contributed by atoms with Gasteiger partial charge < -0.3 is 14.2 Å². The molecule has 0 N–H and O–H groups in total. The van der Waals surface area contributed by atoms with Crippen molar-refractivity contribution in [2.75, 3.05) is 20.3 Å². The number of carbonyl (C=O) groups excluding carboxylic acids is 2. The fourth-order valence-corrected chi connectivity index (χ4v) is 2.18. The number of carbonyl (C=O) groups is 2. The second-order valence-corrected chi connectivity index (χ2v) is 4.24.